The fraction of sp³-hybridized carbons (Fsp3) is 0.238. The third-order valence-electron chi connectivity index (χ3n) is 3.72. The number of halogens is 2. The Labute approximate surface area is 182 Å². The van der Waals surface area contributed by atoms with Crippen molar-refractivity contribution in [3.63, 3.8) is 0 Å². The number of aliphatic hydroxyl groups excluding tert-OH is 1. The summed E-state index contributed by atoms with van der Waals surface area (Å²) in [7, 11) is 0. The first kappa shape index (κ1) is 26.5. The maximum atomic E-state index is 10.4. The number of nitrogens with zero attached hydrogens (tertiary/aromatic N) is 3. The molecule has 0 aliphatic carbocycles. The van der Waals surface area contributed by atoms with E-state index in [1.54, 1.807) is 31.5 Å². The standard InChI is InChI=1S/C7H8ClN.C7H7NO2.C7H9NO.ClH/c1-6-3-2-4-9-7(6)5-8;1-5-3-2-4-8-6(5)7(9)10;1-6-3-2-4-8-7(6)5-9;/h2-4H,5H2,1H3;2-4H,1H3,(H,9,10);2-4,9H,5H2,1H3;1H. The summed E-state index contributed by atoms with van der Waals surface area (Å²) in [5.41, 5.74) is 4.75. The van der Waals surface area contributed by atoms with Crippen LogP contribution in [0.5, 0.6) is 0 Å². The lowest BCUT2D eigenvalue weighted by molar-refractivity contribution is 0.0689. The number of carboxylic acids is 1. The Balaban J connectivity index is 0.000000399. The zero-order valence-corrected chi connectivity index (χ0v) is 18.1. The van der Waals surface area contributed by atoms with E-state index in [1.807, 2.05) is 38.1 Å². The van der Waals surface area contributed by atoms with Crippen molar-refractivity contribution < 1.29 is 15.0 Å². The van der Waals surface area contributed by atoms with Gasteiger partial charge in [-0.05, 0) is 55.7 Å². The Hall–Kier alpha value is -2.54. The lowest BCUT2D eigenvalue weighted by atomic mass is 10.2. The highest BCUT2D eigenvalue weighted by Crippen LogP contribution is 2.05. The number of pyridine rings is 3. The van der Waals surface area contributed by atoms with Crippen molar-refractivity contribution in [1.82, 2.24) is 15.0 Å². The summed E-state index contributed by atoms with van der Waals surface area (Å²) < 4.78 is 0. The molecule has 0 saturated heterocycles. The molecule has 0 saturated carbocycles. The first-order valence-electron chi connectivity index (χ1n) is 8.53. The predicted octanol–water partition coefficient (Wildman–Crippen LogP) is 4.52. The van der Waals surface area contributed by atoms with E-state index >= 15 is 0 Å². The molecule has 6 nitrogen and oxygen atoms in total. The van der Waals surface area contributed by atoms with Gasteiger partial charge in [0.15, 0.2) is 5.69 Å². The molecule has 0 fully saturated rings. The Morgan fingerprint density at radius 2 is 1.31 bits per heavy atom. The molecular formula is C21H25Cl2N3O3. The van der Waals surface area contributed by atoms with Gasteiger partial charge in [-0.25, -0.2) is 9.78 Å². The molecule has 0 amide bonds. The van der Waals surface area contributed by atoms with Crippen LogP contribution in [0.4, 0.5) is 0 Å². The van der Waals surface area contributed by atoms with E-state index in [2.05, 4.69) is 15.0 Å². The third kappa shape index (κ3) is 9.47. The molecule has 156 valence electrons. The van der Waals surface area contributed by atoms with Gasteiger partial charge in [-0.15, -0.1) is 24.0 Å². The second-order valence-electron chi connectivity index (χ2n) is 5.80. The molecule has 2 N–H and O–H groups in total. The molecule has 0 aromatic carbocycles. The Morgan fingerprint density at radius 1 is 0.862 bits per heavy atom. The van der Waals surface area contributed by atoms with Crippen LogP contribution in [0.3, 0.4) is 0 Å². The second kappa shape index (κ2) is 14.5. The number of aryl methyl sites for hydroxylation is 3. The van der Waals surface area contributed by atoms with Gasteiger partial charge in [-0.2, -0.15) is 0 Å². The molecule has 0 radical (unpaired) electrons. The molecule has 3 heterocycles. The summed E-state index contributed by atoms with van der Waals surface area (Å²) in [5, 5.41) is 17.2. The minimum Gasteiger partial charge on any atom is -0.477 e. The average Bonchev–Trinajstić information content (AvgIpc) is 2.70. The molecule has 0 aliphatic rings. The zero-order valence-electron chi connectivity index (χ0n) is 16.5. The summed E-state index contributed by atoms with van der Waals surface area (Å²) >= 11 is 5.57. The van der Waals surface area contributed by atoms with Gasteiger partial charge < -0.3 is 10.2 Å². The summed E-state index contributed by atoms with van der Waals surface area (Å²) in [6.45, 7) is 5.69. The number of carboxylic acid groups (broad SMARTS) is 1. The van der Waals surface area contributed by atoms with Crippen molar-refractivity contribution in [3.05, 3.63) is 88.8 Å². The van der Waals surface area contributed by atoms with Crippen LogP contribution in [0.15, 0.2) is 55.0 Å². The predicted molar refractivity (Wildman–Crippen MR) is 117 cm³/mol. The van der Waals surface area contributed by atoms with Crippen LogP contribution in [0.1, 0.15) is 38.6 Å². The van der Waals surface area contributed by atoms with Gasteiger partial charge >= 0.3 is 5.97 Å². The summed E-state index contributed by atoms with van der Waals surface area (Å²) in [5.74, 6) is -0.467. The highest BCUT2D eigenvalue weighted by molar-refractivity contribution is 6.16. The average molecular weight is 438 g/mol. The summed E-state index contributed by atoms with van der Waals surface area (Å²) in [6.07, 6.45) is 4.90. The topological polar surface area (TPSA) is 96.2 Å². The van der Waals surface area contributed by atoms with Gasteiger partial charge in [0.25, 0.3) is 0 Å². The van der Waals surface area contributed by atoms with Crippen molar-refractivity contribution in [2.24, 2.45) is 0 Å². The molecule has 3 aromatic heterocycles. The van der Waals surface area contributed by atoms with E-state index < -0.39 is 5.97 Å². The SMILES string of the molecule is Cc1cccnc1C(=O)O.Cc1cccnc1CCl.Cc1cccnc1CO.Cl. The van der Waals surface area contributed by atoms with Crippen molar-refractivity contribution in [3.8, 4) is 0 Å². The number of aromatic carboxylic acids is 1. The number of aliphatic hydroxyl groups is 1. The molecule has 0 aliphatic heterocycles. The van der Waals surface area contributed by atoms with E-state index in [1.165, 1.54) is 6.20 Å². The lowest BCUT2D eigenvalue weighted by Gasteiger charge is -1.96. The number of carbonyl (C=O) groups is 1. The number of aromatic nitrogens is 3. The fourth-order valence-electron chi connectivity index (χ4n) is 2.05. The van der Waals surface area contributed by atoms with Gasteiger partial charge in [-0.3, -0.25) is 9.97 Å². The summed E-state index contributed by atoms with van der Waals surface area (Å²) in [6, 6.07) is 11.1. The number of rotatable bonds is 3. The molecule has 0 spiro atoms. The molecular weight excluding hydrogens is 413 g/mol. The van der Waals surface area contributed by atoms with Crippen LogP contribution in [0.25, 0.3) is 0 Å². The van der Waals surface area contributed by atoms with Gasteiger partial charge in [0.05, 0.1) is 23.9 Å². The Morgan fingerprint density at radius 3 is 1.59 bits per heavy atom. The van der Waals surface area contributed by atoms with E-state index in [0.29, 0.717) is 11.4 Å². The maximum absolute atomic E-state index is 10.4. The van der Waals surface area contributed by atoms with E-state index in [9.17, 15) is 4.79 Å². The number of hydrogen-bond acceptors (Lipinski definition) is 5. The smallest absolute Gasteiger partial charge is 0.354 e. The first-order valence-corrected chi connectivity index (χ1v) is 9.06. The monoisotopic (exact) mass is 437 g/mol. The first-order chi connectivity index (χ1) is 13.4. The van der Waals surface area contributed by atoms with Crippen molar-refractivity contribution in [2.45, 2.75) is 33.3 Å². The van der Waals surface area contributed by atoms with Crippen LogP contribution in [-0.2, 0) is 12.5 Å². The van der Waals surface area contributed by atoms with Crippen LogP contribution >= 0.6 is 24.0 Å². The van der Waals surface area contributed by atoms with Gasteiger partial charge in [0.1, 0.15) is 0 Å². The highest BCUT2D eigenvalue weighted by atomic mass is 35.5. The molecule has 0 atom stereocenters. The molecule has 0 unspecified atom stereocenters. The maximum Gasteiger partial charge on any atom is 0.354 e. The molecule has 8 heteroatoms. The quantitative estimate of drug-likeness (QED) is 0.584. The lowest BCUT2D eigenvalue weighted by Crippen LogP contribution is -2.01. The minimum atomic E-state index is -0.974. The van der Waals surface area contributed by atoms with Crippen LogP contribution < -0.4 is 0 Å². The van der Waals surface area contributed by atoms with Gasteiger partial charge in [-0.1, -0.05) is 18.2 Å². The second-order valence-corrected chi connectivity index (χ2v) is 6.07. The molecule has 29 heavy (non-hydrogen) atoms. The van der Waals surface area contributed by atoms with Gasteiger partial charge in [0, 0.05) is 18.6 Å². The van der Waals surface area contributed by atoms with Crippen LogP contribution in [0, 0.1) is 20.8 Å². The summed E-state index contributed by atoms with van der Waals surface area (Å²) in [4.78, 5) is 22.0. The molecule has 0 bridgehead atoms. The van der Waals surface area contributed by atoms with E-state index in [-0.39, 0.29) is 24.7 Å². The largest absolute Gasteiger partial charge is 0.477 e. The van der Waals surface area contributed by atoms with Crippen molar-refractivity contribution in [2.75, 3.05) is 0 Å². The molecule has 3 rings (SSSR count). The highest BCUT2D eigenvalue weighted by Gasteiger charge is 2.05. The normalized spacial score (nSPS) is 9.14. The van der Waals surface area contributed by atoms with E-state index in [4.69, 9.17) is 21.8 Å². The van der Waals surface area contributed by atoms with E-state index in [0.717, 1.165) is 22.5 Å². The fourth-order valence-corrected chi connectivity index (χ4v) is 2.33. The van der Waals surface area contributed by atoms with Crippen molar-refractivity contribution in [1.29, 1.82) is 0 Å². The van der Waals surface area contributed by atoms with Crippen LogP contribution in [-0.4, -0.2) is 31.1 Å². The van der Waals surface area contributed by atoms with Crippen molar-refractivity contribution >= 4 is 30.0 Å². The third-order valence-corrected chi connectivity index (χ3v) is 3.98. The van der Waals surface area contributed by atoms with Crippen LogP contribution in [0.2, 0.25) is 0 Å². The Bertz CT molecular complexity index is 847. The van der Waals surface area contributed by atoms with Gasteiger partial charge in [0.2, 0.25) is 0 Å². The zero-order chi connectivity index (χ0) is 20.9. The Kier molecular flexibility index (Phi) is 13.2. The number of hydrogen-bond donors (Lipinski definition) is 2. The molecule has 3 aromatic rings. The minimum absolute atomic E-state index is 0. The number of alkyl halides is 1.